The molecule has 1 aromatic heterocycles. The number of pyridine rings is 1. The van der Waals surface area contributed by atoms with E-state index in [0.29, 0.717) is 10.6 Å². The summed E-state index contributed by atoms with van der Waals surface area (Å²) < 4.78 is 30.8. The molecule has 112 valence electrons. The first-order valence-electron chi connectivity index (χ1n) is 6.36. The molecule has 2 rings (SSSR count). The van der Waals surface area contributed by atoms with Crippen molar-refractivity contribution >= 4 is 16.5 Å². The van der Waals surface area contributed by atoms with Crippen LogP contribution in [0.5, 0.6) is 5.75 Å². The fourth-order valence-corrected chi connectivity index (χ4v) is 3.38. The maximum absolute atomic E-state index is 13.0. The van der Waals surface area contributed by atoms with Crippen molar-refractivity contribution in [3.8, 4) is 5.75 Å². The van der Waals surface area contributed by atoms with E-state index in [0.717, 1.165) is 16.9 Å². The number of anilines is 1. The van der Waals surface area contributed by atoms with Crippen molar-refractivity contribution in [2.75, 3.05) is 12.8 Å². The number of aromatic nitrogens is 1. The molecule has 0 saturated heterocycles. The molecule has 1 heterocycles. The summed E-state index contributed by atoms with van der Waals surface area (Å²) in [5.41, 5.74) is 8.36. The van der Waals surface area contributed by atoms with Crippen LogP contribution in [0.3, 0.4) is 0 Å². The maximum atomic E-state index is 13.0. The molecular weight excluding hydrogens is 291 g/mol. The summed E-state index contributed by atoms with van der Waals surface area (Å²) in [4.78, 5) is 4.73. The van der Waals surface area contributed by atoms with E-state index >= 15 is 0 Å². The number of benzene rings is 1. The number of methoxy groups -OCH3 is 1. The highest BCUT2D eigenvalue weighted by Crippen LogP contribution is 2.26. The Bertz CT molecular complexity index is 704. The van der Waals surface area contributed by atoms with Gasteiger partial charge in [-0.2, -0.15) is 0 Å². The molecule has 1 aromatic carbocycles. The van der Waals surface area contributed by atoms with Crippen molar-refractivity contribution in [2.24, 2.45) is 0 Å². The van der Waals surface area contributed by atoms with Gasteiger partial charge in [-0.15, -0.1) is 0 Å². The van der Waals surface area contributed by atoms with E-state index < -0.39 is 16.6 Å². The predicted molar refractivity (Wildman–Crippen MR) is 81.2 cm³/mol. The van der Waals surface area contributed by atoms with Crippen molar-refractivity contribution in [1.82, 2.24) is 4.98 Å². The first-order valence-corrected chi connectivity index (χ1v) is 7.68. The number of nitrogens with zero attached hydrogens (tertiary/aromatic N) is 1. The van der Waals surface area contributed by atoms with Crippen LogP contribution in [0.2, 0.25) is 0 Å². The zero-order valence-electron chi connectivity index (χ0n) is 12.1. The van der Waals surface area contributed by atoms with Gasteiger partial charge in [-0.05, 0) is 32.0 Å². The number of nitrogen functional groups attached to an aromatic ring is 1. The second kappa shape index (κ2) is 6.22. The van der Waals surface area contributed by atoms with Crippen LogP contribution in [0.25, 0.3) is 0 Å². The minimum Gasteiger partial charge on any atom is -0.496 e. The van der Waals surface area contributed by atoms with Gasteiger partial charge in [0, 0.05) is 17.3 Å². The Hall–Kier alpha value is -1.95. The van der Waals surface area contributed by atoms with E-state index in [2.05, 4.69) is 4.98 Å². The molecule has 0 radical (unpaired) electrons. The molecule has 0 spiro atoms. The Labute approximate surface area is 125 Å². The molecule has 2 aromatic rings. The van der Waals surface area contributed by atoms with Gasteiger partial charge in [0.05, 0.1) is 39.9 Å². The standard InChI is InChI=1S/C15H17FN2O2S/c1-9-7-18-13(10(2)15(9)20-3)8-21(19)14-5-4-11(16)6-12(14)17/h4-7H,8,17H2,1-3H3. The molecule has 0 aliphatic carbocycles. The number of hydrogen-bond donors (Lipinski definition) is 1. The van der Waals surface area contributed by atoms with Crippen LogP contribution in [0.1, 0.15) is 16.8 Å². The molecular formula is C15H17FN2O2S. The Kier molecular flexibility index (Phi) is 4.57. The highest BCUT2D eigenvalue weighted by molar-refractivity contribution is 7.84. The largest absolute Gasteiger partial charge is 0.496 e. The van der Waals surface area contributed by atoms with Crippen LogP contribution in [0.4, 0.5) is 10.1 Å². The quantitative estimate of drug-likeness (QED) is 0.882. The highest BCUT2D eigenvalue weighted by Gasteiger charge is 2.15. The van der Waals surface area contributed by atoms with E-state index in [1.165, 1.54) is 18.2 Å². The summed E-state index contributed by atoms with van der Waals surface area (Å²) in [6, 6.07) is 3.87. The van der Waals surface area contributed by atoms with Crippen LogP contribution in [0.15, 0.2) is 29.3 Å². The lowest BCUT2D eigenvalue weighted by atomic mass is 10.1. The predicted octanol–water partition coefficient (Wildman–Crippen LogP) is 2.74. The van der Waals surface area contributed by atoms with Gasteiger partial charge in [0.2, 0.25) is 0 Å². The summed E-state index contributed by atoms with van der Waals surface area (Å²) in [6.45, 7) is 3.77. The third kappa shape index (κ3) is 3.21. The molecule has 0 fully saturated rings. The SMILES string of the molecule is COc1c(C)cnc(CS(=O)c2ccc(F)cc2N)c1C. The van der Waals surface area contributed by atoms with Crippen molar-refractivity contribution in [1.29, 1.82) is 0 Å². The van der Waals surface area contributed by atoms with Gasteiger partial charge in [-0.3, -0.25) is 9.19 Å². The third-order valence-corrected chi connectivity index (χ3v) is 4.63. The van der Waals surface area contributed by atoms with E-state index in [-0.39, 0.29) is 11.4 Å². The zero-order chi connectivity index (χ0) is 15.6. The van der Waals surface area contributed by atoms with E-state index in [1.807, 2.05) is 13.8 Å². The summed E-state index contributed by atoms with van der Waals surface area (Å²) in [5.74, 6) is 0.502. The van der Waals surface area contributed by atoms with Crippen molar-refractivity contribution in [3.05, 3.63) is 47.0 Å². The number of aryl methyl sites for hydroxylation is 1. The van der Waals surface area contributed by atoms with Gasteiger partial charge >= 0.3 is 0 Å². The topological polar surface area (TPSA) is 65.2 Å². The monoisotopic (exact) mass is 308 g/mol. The molecule has 0 amide bonds. The van der Waals surface area contributed by atoms with Crippen LogP contribution in [-0.2, 0) is 16.6 Å². The zero-order valence-corrected chi connectivity index (χ0v) is 13.0. The van der Waals surface area contributed by atoms with E-state index in [1.54, 1.807) is 13.3 Å². The van der Waals surface area contributed by atoms with Crippen molar-refractivity contribution in [3.63, 3.8) is 0 Å². The Balaban J connectivity index is 2.32. The number of hydrogen-bond acceptors (Lipinski definition) is 4. The summed E-state index contributed by atoms with van der Waals surface area (Å²) in [7, 11) is 0.200. The van der Waals surface area contributed by atoms with Crippen LogP contribution < -0.4 is 10.5 Å². The average molecular weight is 308 g/mol. The summed E-state index contributed by atoms with van der Waals surface area (Å²) >= 11 is 0. The second-order valence-electron chi connectivity index (χ2n) is 4.72. The van der Waals surface area contributed by atoms with Gasteiger partial charge in [0.15, 0.2) is 0 Å². The molecule has 0 bridgehead atoms. The lowest BCUT2D eigenvalue weighted by molar-refractivity contribution is 0.407. The minimum absolute atomic E-state index is 0.185. The maximum Gasteiger partial charge on any atom is 0.128 e. The fourth-order valence-electron chi connectivity index (χ4n) is 2.15. The van der Waals surface area contributed by atoms with E-state index in [4.69, 9.17) is 10.5 Å². The summed E-state index contributed by atoms with van der Waals surface area (Å²) in [6.07, 6.45) is 1.69. The van der Waals surface area contributed by atoms with Crippen LogP contribution in [0, 0.1) is 19.7 Å². The summed E-state index contributed by atoms with van der Waals surface area (Å²) in [5, 5.41) is 0. The number of nitrogens with two attached hydrogens (primary N) is 1. The molecule has 0 saturated carbocycles. The number of ether oxygens (including phenoxy) is 1. The fraction of sp³-hybridized carbons (Fsp3) is 0.267. The molecule has 0 aliphatic rings. The normalized spacial score (nSPS) is 12.2. The highest BCUT2D eigenvalue weighted by atomic mass is 32.2. The van der Waals surface area contributed by atoms with Crippen LogP contribution >= 0.6 is 0 Å². The Morgan fingerprint density at radius 3 is 2.71 bits per heavy atom. The van der Waals surface area contributed by atoms with Crippen molar-refractivity contribution < 1.29 is 13.3 Å². The first kappa shape index (κ1) is 15.4. The second-order valence-corrected chi connectivity index (χ2v) is 6.14. The Morgan fingerprint density at radius 2 is 2.10 bits per heavy atom. The average Bonchev–Trinajstić information content (AvgIpc) is 2.42. The van der Waals surface area contributed by atoms with Gasteiger partial charge in [-0.25, -0.2) is 4.39 Å². The molecule has 2 N–H and O–H groups in total. The molecule has 21 heavy (non-hydrogen) atoms. The number of halogens is 1. The molecule has 1 unspecified atom stereocenters. The molecule has 6 heteroatoms. The van der Waals surface area contributed by atoms with Gasteiger partial charge in [0.25, 0.3) is 0 Å². The van der Waals surface area contributed by atoms with Gasteiger partial charge in [-0.1, -0.05) is 0 Å². The lowest BCUT2D eigenvalue weighted by Crippen LogP contribution is -2.06. The van der Waals surface area contributed by atoms with Gasteiger partial charge < -0.3 is 10.5 Å². The Morgan fingerprint density at radius 1 is 1.38 bits per heavy atom. The molecule has 1 atom stereocenters. The van der Waals surface area contributed by atoms with E-state index in [9.17, 15) is 8.60 Å². The first-order chi connectivity index (χ1) is 9.93. The van der Waals surface area contributed by atoms with Gasteiger partial charge in [0.1, 0.15) is 11.6 Å². The van der Waals surface area contributed by atoms with Crippen molar-refractivity contribution in [2.45, 2.75) is 24.5 Å². The number of rotatable bonds is 4. The molecule has 0 aliphatic heterocycles. The molecule has 4 nitrogen and oxygen atoms in total. The smallest absolute Gasteiger partial charge is 0.128 e. The minimum atomic E-state index is -1.39. The lowest BCUT2D eigenvalue weighted by Gasteiger charge is -2.12. The third-order valence-electron chi connectivity index (χ3n) is 3.23. The van der Waals surface area contributed by atoms with Crippen LogP contribution in [-0.4, -0.2) is 16.3 Å².